The molecule has 1 amide bonds. The van der Waals surface area contributed by atoms with Crippen molar-refractivity contribution < 1.29 is 9.21 Å². The minimum atomic E-state index is -0.104. The molecule has 0 spiro atoms. The molecule has 1 aromatic rings. The van der Waals surface area contributed by atoms with E-state index in [0.717, 1.165) is 25.3 Å². The Labute approximate surface area is 108 Å². The summed E-state index contributed by atoms with van der Waals surface area (Å²) in [7, 11) is 3.75. The number of carbonyl (C=O) groups is 1. The van der Waals surface area contributed by atoms with Gasteiger partial charge in [-0.1, -0.05) is 0 Å². The van der Waals surface area contributed by atoms with Gasteiger partial charge in [0.1, 0.15) is 11.8 Å². The third-order valence-corrected chi connectivity index (χ3v) is 3.38. The standard InChI is InChI=1S/C13H21N3O2/c1-14-9-12-13(17)15(2)6-4-7-16(12)10-11-5-3-8-18-11/h3,5,8,12,14H,4,6-7,9-10H2,1-2H3. The zero-order valence-corrected chi connectivity index (χ0v) is 11.1. The summed E-state index contributed by atoms with van der Waals surface area (Å²) in [5.74, 6) is 1.10. The predicted octanol–water partition coefficient (Wildman–Crippen LogP) is 0.532. The molecule has 0 bridgehead atoms. The van der Waals surface area contributed by atoms with Gasteiger partial charge in [-0.3, -0.25) is 9.69 Å². The summed E-state index contributed by atoms with van der Waals surface area (Å²) in [5, 5.41) is 3.11. The van der Waals surface area contributed by atoms with Gasteiger partial charge in [-0.15, -0.1) is 0 Å². The molecular formula is C13H21N3O2. The van der Waals surface area contributed by atoms with Crippen molar-refractivity contribution in [2.45, 2.75) is 19.0 Å². The fourth-order valence-electron chi connectivity index (χ4n) is 2.39. The van der Waals surface area contributed by atoms with Crippen LogP contribution in [0.15, 0.2) is 22.8 Å². The van der Waals surface area contributed by atoms with Gasteiger partial charge in [-0.25, -0.2) is 0 Å². The number of hydrogen-bond donors (Lipinski definition) is 1. The van der Waals surface area contributed by atoms with E-state index in [1.54, 1.807) is 6.26 Å². The molecule has 0 radical (unpaired) electrons. The number of rotatable bonds is 4. The Morgan fingerprint density at radius 2 is 2.33 bits per heavy atom. The van der Waals surface area contributed by atoms with Crippen molar-refractivity contribution in [3.05, 3.63) is 24.2 Å². The zero-order chi connectivity index (χ0) is 13.0. The zero-order valence-electron chi connectivity index (χ0n) is 11.1. The highest BCUT2D eigenvalue weighted by atomic mass is 16.3. The van der Waals surface area contributed by atoms with E-state index in [1.807, 2.05) is 31.1 Å². The van der Waals surface area contributed by atoms with E-state index >= 15 is 0 Å². The lowest BCUT2D eigenvalue weighted by atomic mass is 10.2. The van der Waals surface area contributed by atoms with Crippen LogP contribution in [-0.4, -0.2) is 55.5 Å². The Hall–Kier alpha value is -1.33. The SMILES string of the molecule is CNCC1C(=O)N(C)CCCN1Cc1ccco1. The van der Waals surface area contributed by atoms with Crippen LogP contribution in [0.5, 0.6) is 0 Å². The molecule has 1 unspecified atom stereocenters. The molecule has 1 fully saturated rings. The lowest BCUT2D eigenvalue weighted by Crippen LogP contribution is -2.49. The van der Waals surface area contributed by atoms with Gasteiger partial charge in [0.05, 0.1) is 12.8 Å². The van der Waals surface area contributed by atoms with Gasteiger partial charge in [0.25, 0.3) is 0 Å². The Morgan fingerprint density at radius 1 is 1.50 bits per heavy atom. The highest BCUT2D eigenvalue weighted by Gasteiger charge is 2.30. The molecule has 1 N–H and O–H groups in total. The summed E-state index contributed by atoms with van der Waals surface area (Å²) in [4.78, 5) is 16.3. The van der Waals surface area contributed by atoms with E-state index in [1.165, 1.54) is 0 Å². The van der Waals surface area contributed by atoms with Crippen LogP contribution < -0.4 is 5.32 Å². The van der Waals surface area contributed by atoms with Gasteiger partial charge >= 0.3 is 0 Å². The summed E-state index contributed by atoms with van der Waals surface area (Å²) < 4.78 is 5.38. The first-order chi connectivity index (χ1) is 8.72. The second-order valence-electron chi connectivity index (χ2n) is 4.74. The first-order valence-corrected chi connectivity index (χ1v) is 6.38. The molecule has 2 rings (SSSR count). The van der Waals surface area contributed by atoms with Gasteiger partial charge in [-0.2, -0.15) is 0 Å². The number of nitrogens with zero attached hydrogens (tertiary/aromatic N) is 2. The maximum Gasteiger partial charge on any atom is 0.241 e. The van der Waals surface area contributed by atoms with E-state index in [4.69, 9.17) is 4.42 Å². The Bertz CT molecular complexity index is 378. The van der Waals surface area contributed by atoms with Gasteiger partial charge in [0, 0.05) is 26.7 Å². The minimum Gasteiger partial charge on any atom is -0.468 e. The second kappa shape index (κ2) is 6.02. The van der Waals surface area contributed by atoms with Crippen LogP contribution in [0.25, 0.3) is 0 Å². The maximum atomic E-state index is 12.3. The van der Waals surface area contributed by atoms with Gasteiger partial charge in [0.2, 0.25) is 5.91 Å². The number of carbonyl (C=O) groups excluding carboxylic acids is 1. The van der Waals surface area contributed by atoms with Crippen molar-refractivity contribution in [3.8, 4) is 0 Å². The minimum absolute atomic E-state index is 0.104. The molecule has 1 aliphatic rings. The van der Waals surface area contributed by atoms with Crippen LogP contribution >= 0.6 is 0 Å². The Balaban J connectivity index is 2.11. The molecule has 2 heterocycles. The van der Waals surface area contributed by atoms with Crippen LogP contribution in [0.4, 0.5) is 0 Å². The third-order valence-electron chi connectivity index (χ3n) is 3.38. The smallest absolute Gasteiger partial charge is 0.241 e. The lowest BCUT2D eigenvalue weighted by molar-refractivity contribution is -0.134. The molecule has 18 heavy (non-hydrogen) atoms. The quantitative estimate of drug-likeness (QED) is 0.848. The van der Waals surface area contributed by atoms with Crippen molar-refractivity contribution >= 4 is 5.91 Å². The van der Waals surface area contributed by atoms with Crippen LogP contribution in [0.3, 0.4) is 0 Å². The highest BCUT2D eigenvalue weighted by Crippen LogP contribution is 2.14. The van der Waals surface area contributed by atoms with Gasteiger partial charge in [0.15, 0.2) is 0 Å². The first-order valence-electron chi connectivity index (χ1n) is 6.38. The van der Waals surface area contributed by atoms with Crippen LogP contribution in [-0.2, 0) is 11.3 Å². The third kappa shape index (κ3) is 2.91. The lowest BCUT2D eigenvalue weighted by Gasteiger charge is -2.28. The highest BCUT2D eigenvalue weighted by molar-refractivity contribution is 5.82. The fraction of sp³-hybridized carbons (Fsp3) is 0.615. The molecule has 0 saturated carbocycles. The average molecular weight is 251 g/mol. The van der Waals surface area contributed by atoms with E-state index in [0.29, 0.717) is 13.1 Å². The molecule has 1 saturated heterocycles. The van der Waals surface area contributed by atoms with Crippen molar-refractivity contribution in [1.29, 1.82) is 0 Å². The number of amides is 1. The molecule has 100 valence electrons. The average Bonchev–Trinajstić information content (AvgIpc) is 2.82. The maximum absolute atomic E-state index is 12.3. The predicted molar refractivity (Wildman–Crippen MR) is 69.1 cm³/mol. The summed E-state index contributed by atoms with van der Waals surface area (Å²) >= 11 is 0. The van der Waals surface area contributed by atoms with E-state index in [2.05, 4.69) is 10.2 Å². The van der Waals surface area contributed by atoms with E-state index in [-0.39, 0.29) is 11.9 Å². The first kappa shape index (κ1) is 13.1. The molecule has 5 nitrogen and oxygen atoms in total. The number of nitrogens with one attached hydrogen (secondary N) is 1. The fourth-order valence-corrected chi connectivity index (χ4v) is 2.39. The Kier molecular flexibility index (Phi) is 4.38. The molecule has 5 heteroatoms. The number of likely N-dealkylation sites (N-methyl/N-ethyl adjacent to an activating group) is 2. The molecule has 0 aliphatic carbocycles. The second-order valence-corrected chi connectivity index (χ2v) is 4.74. The molecule has 1 atom stereocenters. The monoisotopic (exact) mass is 251 g/mol. The summed E-state index contributed by atoms with van der Waals surface area (Å²) in [6.07, 6.45) is 2.68. The topological polar surface area (TPSA) is 48.7 Å². The van der Waals surface area contributed by atoms with Crippen molar-refractivity contribution in [2.75, 3.05) is 33.7 Å². The van der Waals surface area contributed by atoms with Crippen molar-refractivity contribution in [2.24, 2.45) is 0 Å². The summed E-state index contributed by atoms with van der Waals surface area (Å²) in [6.45, 7) is 3.11. The van der Waals surface area contributed by atoms with Gasteiger partial charge in [-0.05, 0) is 25.6 Å². The summed E-state index contributed by atoms with van der Waals surface area (Å²) in [6, 6.07) is 3.73. The molecule has 1 aliphatic heterocycles. The molecule has 0 aromatic carbocycles. The van der Waals surface area contributed by atoms with E-state index < -0.39 is 0 Å². The summed E-state index contributed by atoms with van der Waals surface area (Å²) in [5.41, 5.74) is 0. The van der Waals surface area contributed by atoms with Crippen LogP contribution in [0.2, 0.25) is 0 Å². The largest absolute Gasteiger partial charge is 0.468 e. The number of hydrogen-bond acceptors (Lipinski definition) is 4. The molecular weight excluding hydrogens is 230 g/mol. The van der Waals surface area contributed by atoms with Gasteiger partial charge < -0.3 is 14.6 Å². The Morgan fingerprint density at radius 3 is 3.00 bits per heavy atom. The van der Waals surface area contributed by atoms with Crippen LogP contribution in [0, 0.1) is 0 Å². The van der Waals surface area contributed by atoms with Crippen molar-refractivity contribution in [1.82, 2.24) is 15.1 Å². The van der Waals surface area contributed by atoms with Crippen LogP contribution in [0.1, 0.15) is 12.2 Å². The molecule has 1 aromatic heterocycles. The number of furan rings is 1. The van der Waals surface area contributed by atoms with E-state index in [9.17, 15) is 4.79 Å². The van der Waals surface area contributed by atoms with Crippen molar-refractivity contribution in [3.63, 3.8) is 0 Å². The normalized spacial score (nSPS) is 22.2.